The molecule has 0 aromatic heterocycles. The highest BCUT2D eigenvalue weighted by Gasteiger charge is 2.22. The van der Waals surface area contributed by atoms with Crippen LogP contribution in [0.5, 0.6) is 5.75 Å². The van der Waals surface area contributed by atoms with Crippen LogP contribution in [0, 0.1) is 11.3 Å². The first-order valence-electron chi connectivity index (χ1n) is 11.6. The van der Waals surface area contributed by atoms with Crippen LogP contribution in [0.1, 0.15) is 65.4 Å². The van der Waals surface area contributed by atoms with E-state index in [-0.39, 0.29) is 6.10 Å². The van der Waals surface area contributed by atoms with Crippen molar-refractivity contribution in [3.8, 4) is 5.75 Å². The van der Waals surface area contributed by atoms with Crippen LogP contribution in [0.2, 0.25) is 0 Å². The molecule has 0 N–H and O–H groups in total. The van der Waals surface area contributed by atoms with E-state index in [9.17, 15) is 0 Å². The quantitative estimate of drug-likeness (QED) is 0.372. The van der Waals surface area contributed by atoms with Gasteiger partial charge in [-0.05, 0) is 68.4 Å². The summed E-state index contributed by atoms with van der Waals surface area (Å²) in [7, 11) is 1.76. The SMILES string of the molecule is C=C/C=C\CC(C)OCC1CCN(c2cc(OC)ccc2CCCC(C)(C)C)CC1. The summed E-state index contributed by atoms with van der Waals surface area (Å²) in [5, 5.41) is 0. The van der Waals surface area contributed by atoms with E-state index in [1.165, 1.54) is 36.9 Å². The van der Waals surface area contributed by atoms with Gasteiger partial charge in [-0.15, -0.1) is 0 Å². The maximum absolute atomic E-state index is 6.09. The van der Waals surface area contributed by atoms with Gasteiger partial charge in [0, 0.05) is 31.5 Å². The van der Waals surface area contributed by atoms with Crippen molar-refractivity contribution < 1.29 is 9.47 Å². The van der Waals surface area contributed by atoms with E-state index >= 15 is 0 Å². The molecular weight excluding hydrogens is 370 g/mol. The van der Waals surface area contributed by atoms with Crippen molar-refractivity contribution in [2.24, 2.45) is 11.3 Å². The monoisotopic (exact) mass is 413 g/mol. The molecular formula is C27H43NO2. The lowest BCUT2D eigenvalue weighted by atomic mass is 9.88. The number of methoxy groups -OCH3 is 1. The molecule has 0 saturated carbocycles. The second-order valence-corrected chi connectivity index (χ2v) is 9.88. The van der Waals surface area contributed by atoms with Gasteiger partial charge in [0.15, 0.2) is 0 Å². The van der Waals surface area contributed by atoms with E-state index < -0.39 is 0 Å². The third-order valence-electron chi connectivity index (χ3n) is 5.98. The Morgan fingerprint density at radius 3 is 2.60 bits per heavy atom. The highest BCUT2D eigenvalue weighted by atomic mass is 16.5. The molecule has 1 aromatic carbocycles. The van der Waals surface area contributed by atoms with Crippen LogP contribution in [0.25, 0.3) is 0 Å². The van der Waals surface area contributed by atoms with Gasteiger partial charge in [0.25, 0.3) is 0 Å². The van der Waals surface area contributed by atoms with E-state index in [1.807, 2.05) is 12.2 Å². The van der Waals surface area contributed by atoms with Gasteiger partial charge < -0.3 is 14.4 Å². The summed E-state index contributed by atoms with van der Waals surface area (Å²) in [5.74, 6) is 1.61. The van der Waals surface area contributed by atoms with Gasteiger partial charge in [-0.25, -0.2) is 0 Å². The molecule has 3 heteroatoms. The van der Waals surface area contributed by atoms with Gasteiger partial charge >= 0.3 is 0 Å². The van der Waals surface area contributed by atoms with Crippen LogP contribution in [-0.4, -0.2) is 32.9 Å². The Labute approximate surface area is 185 Å². The van der Waals surface area contributed by atoms with Gasteiger partial charge in [0.05, 0.1) is 13.2 Å². The zero-order valence-corrected chi connectivity index (χ0v) is 20.0. The first kappa shape index (κ1) is 24.5. The molecule has 1 saturated heterocycles. The normalized spacial score (nSPS) is 16.8. The number of benzene rings is 1. The fourth-order valence-corrected chi connectivity index (χ4v) is 4.06. The molecule has 1 fully saturated rings. The van der Waals surface area contributed by atoms with Crippen molar-refractivity contribution in [3.63, 3.8) is 0 Å². The molecule has 168 valence electrons. The number of hydrogen-bond acceptors (Lipinski definition) is 3. The van der Waals surface area contributed by atoms with Gasteiger partial charge in [-0.3, -0.25) is 0 Å². The van der Waals surface area contributed by atoms with Crippen molar-refractivity contribution in [1.29, 1.82) is 0 Å². The van der Waals surface area contributed by atoms with Gasteiger partial charge in [-0.1, -0.05) is 51.6 Å². The number of aryl methyl sites for hydroxylation is 1. The number of hydrogen-bond donors (Lipinski definition) is 0. The zero-order valence-electron chi connectivity index (χ0n) is 20.0. The molecule has 1 aliphatic rings. The summed E-state index contributed by atoms with van der Waals surface area (Å²) < 4.78 is 11.6. The van der Waals surface area contributed by atoms with Crippen LogP contribution in [0.4, 0.5) is 5.69 Å². The van der Waals surface area contributed by atoms with Crippen molar-refractivity contribution in [1.82, 2.24) is 0 Å². The molecule has 0 radical (unpaired) electrons. The van der Waals surface area contributed by atoms with Gasteiger partial charge in [0.2, 0.25) is 0 Å². The van der Waals surface area contributed by atoms with Crippen molar-refractivity contribution in [2.75, 3.05) is 31.7 Å². The van der Waals surface area contributed by atoms with E-state index in [2.05, 4.69) is 63.4 Å². The van der Waals surface area contributed by atoms with Crippen LogP contribution in [0.15, 0.2) is 43.0 Å². The molecule has 1 aromatic rings. The zero-order chi connectivity index (χ0) is 22.0. The molecule has 1 heterocycles. The average molecular weight is 414 g/mol. The highest BCUT2D eigenvalue weighted by Crippen LogP contribution is 2.32. The minimum atomic E-state index is 0.270. The average Bonchev–Trinajstić information content (AvgIpc) is 2.72. The first-order chi connectivity index (χ1) is 14.3. The number of allylic oxidation sites excluding steroid dienone is 2. The highest BCUT2D eigenvalue weighted by molar-refractivity contribution is 5.57. The standard InChI is InChI=1S/C27H43NO2/c1-7-8-9-11-22(2)30-21-23-15-18-28(19-16-23)26-20-25(29-6)14-13-24(26)12-10-17-27(3,4)5/h7-9,13-14,20,22-23H,1,10-12,15-19,21H2,2-6H3/b9-8-. The molecule has 1 unspecified atom stereocenters. The second kappa shape index (κ2) is 12.2. The Morgan fingerprint density at radius 2 is 1.97 bits per heavy atom. The van der Waals surface area contributed by atoms with E-state index in [0.29, 0.717) is 11.3 Å². The predicted octanol–water partition coefficient (Wildman–Crippen LogP) is 6.82. The number of anilines is 1. The topological polar surface area (TPSA) is 21.7 Å². The predicted molar refractivity (Wildman–Crippen MR) is 130 cm³/mol. The number of piperidine rings is 1. The molecule has 1 aliphatic heterocycles. The molecule has 0 bridgehead atoms. The lowest BCUT2D eigenvalue weighted by Crippen LogP contribution is -2.36. The van der Waals surface area contributed by atoms with Crippen LogP contribution in [-0.2, 0) is 11.2 Å². The Balaban J connectivity index is 1.90. The molecule has 0 amide bonds. The number of nitrogens with zero attached hydrogens (tertiary/aromatic N) is 1. The minimum Gasteiger partial charge on any atom is -0.497 e. The molecule has 0 aliphatic carbocycles. The fraction of sp³-hybridized carbons (Fsp3) is 0.630. The summed E-state index contributed by atoms with van der Waals surface area (Å²) >= 11 is 0. The summed E-state index contributed by atoms with van der Waals surface area (Å²) in [6.45, 7) is 15.9. The number of rotatable bonds is 11. The van der Waals surface area contributed by atoms with Crippen molar-refractivity contribution in [3.05, 3.63) is 48.6 Å². The van der Waals surface area contributed by atoms with Crippen LogP contribution in [0.3, 0.4) is 0 Å². The third-order valence-corrected chi connectivity index (χ3v) is 5.98. The van der Waals surface area contributed by atoms with E-state index in [1.54, 1.807) is 7.11 Å². The number of ether oxygens (including phenoxy) is 2. The van der Waals surface area contributed by atoms with Gasteiger partial charge in [-0.2, -0.15) is 0 Å². The molecule has 2 rings (SSSR count). The van der Waals surface area contributed by atoms with Gasteiger partial charge in [0.1, 0.15) is 5.75 Å². The molecule has 0 spiro atoms. The lowest BCUT2D eigenvalue weighted by Gasteiger charge is -2.35. The van der Waals surface area contributed by atoms with E-state index in [0.717, 1.165) is 38.3 Å². The fourth-order valence-electron chi connectivity index (χ4n) is 4.06. The minimum absolute atomic E-state index is 0.270. The smallest absolute Gasteiger partial charge is 0.120 e. The Bertz CT molecular complexity index is 666. The maximum Gasteiger partial charge on any atom is 0.120 e. The molecule has 3 nitrogen and oxygen atoms in total. The summed E-state index contributed by atoms with van der Waals surface area (Å²) in [5.41, 5.74) is 3.21. The lowest BCUT2D eigenvalue weighted by molar-refractivity contribution is 0.0362. The van der Waals surface area contributed by atoms with Crippen molar-refractivity contribution in [2.45, 2.75) is 72.3 Å². The second-order valence-electron chi connectivity index (χ2n) is 9.88. The third kappa shape index (κ3) is 8.55. The van der Waals surface area contributed by atoms with Crippen molar-refractivity contribution >= 4 is 5.69 Å². The summed E-state index contributed by atoms with van der Waals surface area (Å²) in [4.78, 5) is 2.56. The first-order valence-corrected chi connectivity index (χ1v) is 11.6. The van der Waals surface area contributed by atoms with Crippen LogP contribution < -0.4 is 9.64 Å². The molecule has 1 atom stereocenters. The maximum atomic E-state index is 6.09. The largest absolute Gasteiger partial charge is 0.497 e. The summed E-state index contributed by atoms with van der Waals surface area (Å²) in [6.07, 6.45) is 13.1. The Hall–Kier alpha value is -1.74. The molecule has 30 heavy (non-hydrogen) atoms. The Morgan fingerprint density at radius 1 is 1.23 bits per heavy atom. The summed E-state index contributed by atoms with van der Waals surface area (Å²) in [6, 6.07) is 6.61. The van der Waals surface area contributed by atoms with Crippen LogP contribution >= 0.6 is 0 Å². The Kier molecular flexibility index (Phi) is 9.97. The van der Waals surface area contributed by atoms with E-state index in [4.69, 9.17) is 9.47 Å².